The van der Waals surface area contributed by atoms with E-state index in [1.54, 1.807) is 24.1 Å². The van der Waals surface area contributed by atoms with Gasteiger partial charge in [0, 0.05) is 29.8 Å². The fourth-order valence-corrected chi connectivity index (χ4v) is 3.93. The Kier molecular flexibility index (Phi) is 6.09. The molecule has 0 aliphatic carbocycles. The summed E-state index contributed by atoms with van der Waals surface area (Å²) in [5.74, 6) is -1.17. The molecule has 3 rings (SSSR count). The van der Waals surface area contributed by atoms with Crippen molar-refractivity contribution < 1.29 is 32.6 Å². The Labute approximate surface area is 184 Å². The maximum Gasteiger partial charge on any atom is 0.422 e. The van der Waals surface area contributed by atoms with Crippen molar-refractivity contribution in [3.05, 3.63) is 53.1 Å². The Morgan fingerprint density at radius 1 is 1.22 bits per heavy atom. The van der Waals surface area contributed by atoms with Crippen LogP contribution in [0.1, 0.15) is 30.5 Å². The Balaban J connectivity index is 2.15. The molecule has 0 saturated carbocycles. The van der Waals surface area contributed by atoms with E-state index in [-0.39, 0.29) is 11.7 Å². The second-order valence-corrected chi connectivity index (χ2v) is 8.55. The highest BCUT2D eigenvalue weighted by molar-refractivity contribution is 6.00. The van der Waals surface area contributed by atoms with Crippen molar-refractivity contribution in [2.45, 2.75) is 33.4 Å². The van der Waals surface area contributed by atoms with E-state index in [2.05, 4.69) is 0 Å². The van der Waals surface area contributed by atoms with Gasteiger partial charge in [0.1, 0.15) is 5.75 Å². The number of carboxylic acids is 1. The number of nitrogens with zero attached hydrogens (tertiary/aromatic N) is 1. The van der Waals surface area contributed by atoms with Crippen molar-refractivity contribution in [2.75, 3.05) is 18.6 Å². The van der Waals surface area contributed by atoms with Gasteiger partial charge in [0.25, 0.3) is 0 Å². The van der Waals surface area contributed by atoms with Crippen LogP contribution in [-0.4, -0.2) is 36.8 Å². The standard InChI is InChI=1S/C24H24F3NO4/c1-14-9-16-12-23(2,3)22(31)28(4)19(16)11-17(14)18-10-15(6-8-21(29)30)5-7-20(18)32-13-24(25,26)27/h5-11H,12-13H2,1-4H3,(H,29,30)/b8-6+. The third-order valence-electron chi connectivity index (χ3n) is 5.41. The lowest BCUT2D eigenvalue weighted by Crippen LogP contribution is -2.44. The van der Waals surface area contributed by atoms with Gasteiger partial charge in [-0.15, -0.1) is 0 Å². The molecule has 0 saturated heterocycles. The Morgan fingerprint density at radius 2 is 1.91 bits per heavy atom. The number of carboxylic acid groups (broad SMARTS) is 1. The molecule has 1 amide bonds. The number of carbonyl (C=O) groups excluding carboxylic acids is 1. The van der Waals surface area contributed by atoms with Crippen LogP contribution >= 0.6 is 0 Å². The summed E-state index contributed by atoms with van der Waals surface area (Å²) in [5.41, 5.74) is 3.38. The van der Waals surface area contributed by atoms with Crippen LogP contribution in [0.15, 0.2) is 36.4 Å². The van der Waals surface area contributed by atoms with Crippen LogP contribution in [0, 0.1) is 12.3 Å². The number of ether oxygens (including phenoxy) is 1. The Morgan fingerprint density at radius 3 is 2.53 bits per heavy atom. The van der Waals surface area contributed by atoms with Crippen LogP contribution in [0.2, 0.25) is 0 Å². The fraction of sp³-hybridized carbons (Fsp3) is 0.333. The number of hydrogen-bond acceptors (Lipinski definition) is 3. The largest absolute Gasteiger partial charge is 0.483 e. The third kappa shape index (κ3) is 4.95. The first kappa shape index (κ1) is 23.4. The predicted molar refractivity (Wildman–Crippen MR) is 116 cm³/mol. The quantitative estimate of drug-likeness (QED) is 0.636. The van der Waals surface area contributed by atoms with Gasteiger partial charge in [0.15, 0.2) is 6.61 Å². The monoisotopic (exact) mass is 447 g/mol. The van der Waals surface area contributed by atoms with Gasteiger partial charge in [-0.3, -0.25) is 4.79 Å². The van der Waals surface area contributed by atoms with Gasteiger partial charge in [-0.25, -0.2) is 4.79 Å². The molecule has 8 heteroatoms. The van der Waals surface area contributed by atoms with Crippen LogP contribution in [0.25, 0.3) is 17.2 Å². The van der Waals surface area contributed by atoms with E-state index < -0.39 is 24.2 Å². The molecule has 0 fully saturated rings. The minimum atomic E-state index is -4.51. The molecule has 2 aromatic rings. The molecule has 2 aromatic carbocycles. The fourth-order valence-electron chi connectivity index (χ4n) is 3.93. The summed E-state index contributed by atoms with van der Waals surface area (Å²) in [6.07, 6.45) is -1.66. The summed E-state index contributed by atoms with van der Waals surface area (Å²) < 4.78 is 43.4. The van der Waals surface area contributed by atoms with Crippen molar-refractivity contribution in [1.29, 1.82) is 0 Å². The summed E-state index contributed by atoms with van der Waals surface area (Å²) in [6, 6.07) is 8.16. The number of hydrogen-bond donors (Lipinski definition) is 1. The van der Waals surface area contributed by atoms with E-state index in [0.29, 0.717) is 28.8 Å². The van der Waals surface area contributed by atoms with E-state index in [1.165, 1.54) is 18.2 Å². The number of aryl methyl sites for hydroxylation is 1. The van der Waals surface area contributed by atoms with Gasteiger partial charge < -0.3 is 14.7 Å². The molecule has 0 aromatic heterocycles. The van der Waals surface area contributed by atoms with Crippen molar-refractivity contribution in [1.82, 2.24) is 0 Å². The second-order valence-electron chi connectivity index (χ2n) is 8.55. The van der Waals surface area contributed by atoms with Crippen LogP contribution in [0.3, 0.4) is 0 Å². The lowest BCUT2D eigenvalue weighted by Gasteiger charge is -2.37. The summed E-state index contributed by atoms with van der Waals surface area (Å²) >= 11 is 0. The average molecular weight is 447 g/mol. The number of aliphatic carboxylic acids is 1. The van der Waals surface area contributed by atoms with E-state index in [1.807, 2.05) is 26.8 Å². The van der Waals surface area contributed by atoms with E-state index >= 15 is 0 Å². The Bertz CT molecular complexity index is 1100. The zero-order valence-corrected chi connectivity index (χ0v) is 18.2. The number of fused-ring (bicyclic) bond motifs is 1. The summed E-state index contributed by atoms with van der Waals surface area (Å²) in [5, 5.41) is 8.89. The smallest absolute Gasteiger partial charge is 0.422 e. The van der Waals surface area contributed by atoms with Gasteiger partial charge >= 0.3 is 12.1 Å². The van der Waals surface area contributed by atoms with Gasteiger partial charge in [0.05, 0.1) is 0 Å². The maximum absolute atomic E-state index is 12.8. The second kappa shape index (κ2) is 8.33. The van der Waals surface area contributed by atoms with Gasteiger partial charge in [-0.05, 0) is 59.9 Å². The van der Waals surface area contributed by atoms with Crippen molar-refractivity contribution in [2.24, 2.45) is 5.41 Å². The number of halogens is 3. The molecular formula is C24H24F3NO4. The number of carbonyl (C=O) groups is 2. The van der Waals surface area contributed by atoms with Crippen LogP contribution in [0.5, 0.6) is 5.75 Å². The molecule has 0 radical (unpaired) electrons. The van der Waals surface area contributed by atoms with Gasteiger partial charge in [0.2, 0.25) is 5.91 Å². The molecular weight excluding hydrogens is 423 g/mol. The van der Waals surface area contributed by atoms with Crippen molar-refractivity contribution in [3.63, 3.8) is 0 Å². The normalized spacial score (nSPS) is 15.7. The molecule has 0 spiro atoms. The number of alkyl halides is 3. The predicted octanol–water partition coefficient (Wildman–Crippen LogP) is 5.25. The van der Waals surface area contributed by atoms with Crippen molar-refractivity contribution in [3.8, 4) is 16.9 Å². The lowest BCUT2D eigenvalue weighted by molar-refractivity contribution is -0.153. The zero-order chi connectivity index (χ0) is 23.8. The first-order chi connectivity index (χ1) is 14.8. The molecule has 0 unspecified atom stereocenters. The minimum Gasteiger partial charge on any atom is -0.483 e. The number of benzene rings is 2. The summed E-state index contributed by atoms with van der Waals surface area (Å²) in [7, 11) is 1.67. The highest BCUT2D eigenvalue weighted by Crippen LogP contribution is 2.42. The molecule has 0 atom stereocenters. The molecule has 0 bridgehead atoms. The molecule has 32 heavy (non-hydrogen) atoms. The number of rotatable bonds is 5. The number of amides is 1. The Hall–Kier alpha value is -3.29. The van der Waals surface area contributed by atoms with Gasteiger partial charge in [-0.2, -0.15) is 13.2 Å². The van der Waals surface area contributed by atoms with E-state index in [4.69, 9.17) is 9.84 Å². The van der Waals surface area contributed by atoms with E-state index in [0.717, 1.165) is 17.2 Å². The lowest BCUT2D eigenvalue weighted by atomic mass is 9.79. The SMILES string of the molecule is Cc1cc2c(cc1-c1cc(/C=C/C(=O)O)ccc1OCC(F)(F)F)N(C)C(=O)C(C)(C)C2. The zero-order valence-electron chi connectivity index (χ0n) is 18.2. The molecule has 1 heterocycles. The minimum absolute atomic E-state index is 0.0166. The topological polar surface area (TPSA) is 66.8 Å². The highest BCUT2D eigenvalue weighted by Gasteiger charge is 2.37. The van der Waals surface area contributed by atoms with E-state index in [9.17, 15) is 22.8 Å². The average Bonchev–Trinajstić information content (AvgIpc) is 2.68. The first-order valence-corrected chi connectivity index (χ1v) is 9.95. The third-order valence-corrected chi connectivity index (χ3v) is 5.41. The summed E-state index contributed by atoms with van der Waals surface area (Å²) in [4.78, 5) is 25.2. The van der Waals surface area contributed by atoms with Crippen LogP contribution in [-0.2, 0) is 16.0 Å². The van der Waals surface area contributed by atoms with Crippen molar-refractivity contribution >= 4 is 23.6 Å². The first-order valence-electron chi connectivity index (χ1n) is 9.95. The molecule has 1 aliphatic heterocycles. The molecule has 5 nitrogen and oxygen atoms in total. The van der Waals surface area contributed by atoms with Gasteiger partial charge in [-0.1, -0.05) is 26.0 Å². The highest BCUT2D eigenvalue weighted by atomic mass is 19.4. The maximum atomic E-state index is 12.8. The molecule has 1 N–H and O–H groups in total. The number of anilines is 1. The molecule has 170 valence electrons. The molecule has 1 aliphatic rings. The van der Waals surface area contributed by atoms with Crippen LogP contribution in [0.4, 0.5) is 18.9 Å². The summed E-state index contributed by atoms with van der Waals surface area (Å²) in [6.45, 7) is 4.13. The van der Waals surface area contributed by atoms with Crippen LogP contribution < -0.4 is 9.64 Å².